The van der Waals surface area contributed by atoms with Crippen molar-refractivity contribution >= 4 is 0 Å². The summed E-state index contributed by atoms with van der Waals surface area (Å²) in [6.07, 6.45) is 7.98. The van der Waals surface area contributed by atoms with E-state index in [2.05, 4.69) is 37.4 Å². The van der Waals surface area contributed by atoms with Crippen LogP contribution in [-0.4, -0.2) is 19.7 Å². The summed E-state index contributed by atoms with van der Waals surface area (Å²) in [5.74, 6) is 2.78. The van der Waals surface area contributed by atoms with Crippen LogP contribution in [0.2, 0.25) is 0 Å². The van der Waals surface area contributed by atoms with Crippen LogP contribution in [0.3, 0.4) is 0 Å². The molecule has 2 rings (SSSR count). The molecule has 0 radical (unpaired) electrons. The Morgan fingerprint density at radius 1 is 1.24 bits per heavy atom. The second-order valence-electron chi connectivity index (χ2n) is 6.88. The highest BCUT2D eigenvalue weighted by atomic mass is 16.5. The van der Waals surface area contributed by atoms with Crippen LogP contribution in [0.5, 0.6) is 5.75 Å². The molecule has 118 valence electrons. The van der Waals surface area contributed by atoms with E-state index in [0.717, 1.165) is 36.6 Å². The quantitative estimate of drug-likeness (QED) is 0.801. The third-order valence-electron chi connectivity index (χ3n) is 4.61. The summed E-state index contributed by atoms with van der Waals surface area (Å²) < 4.78 is 5.42. The topological polar surface area (TPSA) is 21.3 Å². The SMILES string of the molecule is COc1ccccc1CCNC1CCCC(CC(C)C)C1. The first kappa shape index (κ1) is 16.4. The summed E-state index contributed by atoms with van der Waals surface area (Å²) in [4.78, 5) is 0. The van der Waals surface area contributed by atoms with E-state index < -0.39 is 0 Å². The van der Waals surface area contributed by atoms with E-state index in [0.29, 0.717) is 0 Å². The molecule has 0 spiro atoms. The van der Waals surface area contributed by atoms with Gasteiger partial charge in [-0.1, -0.05) is 44.9 Å². The second kappa shape index (κ2) is 8.43. The van der Waals surface area contributed by atoms with Crippen LogP contribution in [0.25, 0.3) is 0 Å². The van der Waals surface area contributed by atoms with Crippen LogP contribution in [0.15, 0.2) is 24.3 Å². The van der Waals surface area contributed by atoms with E-state index >= 15 is 0 Å². The van der Waals surface area contributed by atoms with E-state index in [1.54, 1.807) is 7.11 Å². The lowest BCUT2D eigenvalue weighted by Gasteiger charge is -2.31. The van der Waals surface area contributed by atoms with Crippen LogP contribution >= 0.6 is 0 Å². The van der Waals surface area contributed by atoms with E-state index in [-0.39, 0.29) is 0 Å². The van der Waals surface area contributed by atoms with Crippen molar-refractivity contribution < 1.29 is 4.74 Å². The van der Waals surface area contributed by atoms with Gasteiger partial charge < -0.3 is 10.1 Å². The molecule has 1 aromatic carbocycles. The van der Waals surface area contributed by atoms with Gasteiger partial charge in [0.05, 0.1) is 7.11 Å². The zero-order valence-electron chi connectivity index (χ0n) is 13.9. The fraction of sp³-hybridized carbons (Fsp3) is 0.684. The smallest absolute Gasteiger partial charge is 0.122 e. The molecule has 21 heavy (non-hydrogen) atoms. The average Bonchev–Trinajstić information content (AvgIpc) is 2.47. The minimum atomic E-state index is 0.720. The molecule has 1 saturated carbocycles. The monoisotopic (exact) mass is 289 g/mol. The lowest BCUT2D eigenvalue weighted by Crippen LogP contribution is -2.35. The molecule has 1 aliphatic carbocycles. The van der Waals surface area contributed by atoms with Gasteiger partial charge in [-0.05, 0) is 55.7 Å². The van der Waals surface area contributed by atoms with E-state index in [1.165, 1.54) is 37.7 Å². The molecule has 2 nitrogen and oxygen atoms in total. The van der Waals surface area contributed by atoms with Crippen molar-refractivity contribution in [1.29, 1.82) is 0 Å². The maximum Gasteiger partial charge on any atom is 0.122 e. The van der Waals surface area contributed by atoms with Crippen LogP contribution < -0.4 is 10.1 Å². The highest BCUT2D eigenvalue weighted by Gasteiger charge is 2.22. The predicted octanol–water partition coefficient (Wildman–Crippen LogP) is 4.43. The number of rotatable bonds is 7. The Labute approximate surface area is 130 Å². The fourth-order valence-corrected chi connectivity index (χ4v) is 3.68. The van der Waals surface area contributed by atoms with Crippen LogP contribution in [-0.2, 0) is 6.42 Å². The van der Waals surface area contributed by atoms with Crippen molar-refractivity contribution in [1.82, 2.24) is 5.32 Å². The highest BCUT2D eigenvalue weighted by molar-refractivity contribution is 5.33. The summed E-state index contributed by atoms with van der Waals surface area (Å²) in [7, 11) is 1.75. The van der Waals surface area contributed by atoms with Gasteiger partial charge in [-0.2, -0.15) is 0 Å². The summed E-state index contributed by atoms with van der Waals surface area (Å²) in [6, 6.07) is 9.07. The number of ether oxygens (including phenoxy) is 1. The maximum absolute atomic E-state index is 5.42. The third-order valence-corrected chi connectivity index (χ3v) is 4.61. The van der Waals surface area contributed by atoms with Crippen molar-refractivity contribution in [2.24, 2.45) is 11.8 Å². The van der Waals surface area contributed by atoms with Gasteiger partial charge in [0.2, 0.25) is 0 Å². The fourth-order valence-electron chi connectivity index (χ4n) is 3.68. The molecule has 0 bridgehead atoms. The minimum absolute atomic E-state index is 0.720. The van der Waals surface area contributed by atoms with Gasteiger partial charge >= 0.3 is 0 Å². The molecule has 0 aliphatic heterocycles. The third kappa shape index (κ3) is 5.35. The summed E-state index contributed by atoms with van der Waals surface area (Å²) in [6.45, 7) is 5.75. The van der Waals surface area contributed by atoms with Crippen LogP contribution in [0, 0.1) is 11.8 Å². The van der Waals surface area contributed by atoms with Crippen molar-refractivity contribution in [2.45, 2.75) is 58.4 Å². The first-order chi connectivity index (χ1) is 10.2. The van der Waals surface area contributed by atoms with Crippen molar-refractivity contribution in [3.05, 3.63) is 29.8 Å². The number of hydrogen-bond donors (Lipinski definition) is 1. The second-order valence-corrected chi connectivity index (χ2v) is 6.88. The standard InChI is InChI=1S/C19H31NO/c1-15(2)13-16-7-6-9-18(14-16)20-12-11-17-8-4-5-10-19(17)21-3/h4-5,8,10,15-16,18,20H,6-7,9,11-14H2,1-3H3. The van der Waals surface area contributed by atoms with Gasteiger partial charge in [-0.25, -0.2) is 0 Å². The Bertz CT molecular complexity index is 416. The molecular formula is C19H31NO. The van der Waals surface area contributed by atoms with Crippen molar-refractivity contribution in [3.63, 3.8) is 0 Å². The molecule has 1 aliphatic rings. The lowest BCUT2D eigenvalue weighted by atomic mass is 9.81. The molecule has 0 saturated heterocycles. The van der Waals surface area contributed by atoms with Gasteiger partial charge in [-0.15, -0.1) is 0 Å². The molecular weight excluding hydrogens is 258 g/mol. The molecule has 0 amide bonds. The Hall–Kier alpha value is -1.02. The largest absolute Gasteiger partial charge is 0.496 e. The Morgan fingerprint density at radius 2 is 2.05 bits per heavy atom. The highest BCUT2D eigenvalue weighted by Crippen LogP contribution is 2.29. The van der Waals surface area contributed by atoms with Gasteiger partial charge in [0.25, 0.3) is 0 Å². The molecule has 1 N–H and O–H groups in total. The minimum Gasteiger partial charge on any atom is -0.496 e. The summed E-state index contributed by atoms with van der Waals surface area (Å²) in [5.41, 5.74) is 1.31. The van der Waals surface area contributed by atoms with Gasteiger partial charge in [0.1, 0.15) is 5.75 Å². The van der Waals surface area contributed by atoms with Gasteiger partial charge in [0, 0.05) is 6.04 Å². The molecule has 1 fully saturated rings. The van der Waals surface area contributed by atoms with E-state index in [4.69, 9.17) is 4.74 Å². The van der Waals surface area contributed by atoms with Crippen LogP contribution in [0.4, 0.5) is 0 Å². The molecule has 2 unspecified atom stereocenters. The van der Waals surface area contributed by atoms with Crippen LogP contribution in [0.1, 0.15) is 51.5 Å². The van der Waals surface area contributed by atoms with E-state index in [1.807, 2.05) is 6.07 Å². The average molecular weight is 289 g/mol. The number of para-hydroxylation sites is 1. The molecule has 0 aromatic heterocycles. The molecule has 2 atom stereocenters. The zero-order chi connectivity index (χ0) is 15.1. The number of nitrogens with one attached hydrogen (secondary N) is 1. The van der Waals surface area contributed by atoms with Gasteiger partial charge in [-0.3, -0.25) is 0 Å². The first-order valence-corrected chi connectivity index (χ1v) is 8.54. The Morgan fingerprint density at radius 3 is 2.81 bits per heavy atom. The number of methoxy groups -OCH3 is 1. The summed E-state index contributed by atoms with van der Waals surface area (Å²) >= 11 is 0. The predicted molar refractivity (Wildman–Crippen MR) is 89.9 cm³/mol. The first-order valence-electron chi connectivity index (χ1n) is 8.54. The maximum atomic E-state index is 5.42. The molecule has 1 aromatic rings. The Kier molecular flexibility index (Phi) is 6.56. The van der Waals surface area contributed by atoms with Crippen molar-refractivity contribution in [3.8, 4) is 5.75 Å². The number of benzene rings is 1. The molecule has 2 heteroatoms. The van der Waals surface area contributed by atoms with E-state index in [9.17, 15) is 0 Å². The normalized spacial score (nSPS) is 22.5. The Balaban J connectivity index is 1.75. The van der Waals surface area contributed by atoms with Gasteiger partial charge in [0.15, 0.2) is 0 Å². The molecule has 0 heterocycles. The zero-order valence-corrected chi connectivity index (χ0v) is 13.9. The van der Waals surface area contributed by atoms with Crippen molar-refractivity contribution in [2.75, 3.05) is 13.7 Å². The number of hydrogen-bond acceptors (Lipinski definition) is 2. The lowest BCUT2D eigenvalue weighted by molar-refractivity contribution is 0.253. The summed E-state index contributed by atoms with van der Waals surface area (Å²) in [5, 5.41) is 3.77.